The van der Waals surface area contributed by atoms with Crippen LogP contribution in [0.2, 0.25) is 0 Å². The summed E-state index contributed by atoms with van der Waals surface area (Å²) in [6, 6.07) is 4.92. The number of halogens is 3. The van der Waals surface area contributed by atoms with E-state index in [0.717, 1.165) is 18.9 Å². The van der Waals surface area contributed by atoms with E-state index in [4.69, 9.17) is 5.11 Å². The van der Waals surface area contributed by atoms with E-state index in [0.29, 0.717) is 12.8 Å². The SMILES string of the molecule is O=C(O)CC1(NC(=O)Cc2ccccc2C(F)(F)F)CCCC1. The van der Waals surface area contributed by atoms with Gasteiger partial charge in [-0.05, 0) is 24.5 Å². The molecule has 1 amide bonds. The molecule has 4 nitrogen and oxygen atoms in total. The molecule has 7 heteroatoms. The molecule has 1 aromatic rings. The molecule has 1 aliphatic rings. The molecule has 0 unspecified atom stereocenters. The Bertz CT molecular complexity index is 592. The van der Waals surface area contributed by atoms with Crippen LogP contribution in [0, 0.1) is 0 Å². The number of benzene rings is 1. The van der Waals surface area contributed by atoms with Gasteiger partial charge >= 0.3 is 12.1 Å². The fourth-order valence-electron chi connectivity index (χ4n) is 3.15. The lowest BCUT2D eigenvalue weighted by Crippen LogP contribution is -2.48. The van der Waals surface area contributed by atoms with Gasteiger partial charge in [0.2, 0.25) is 5.91 Å². The number of rotatable bonds is 5. The standard InChI is InChI=1S/C16H18F3NO3/c17-16(18,19)12-6-2-1-5-11(12)9-13(21)20-15(10-14(22)23)7-3-4-8-15/h1-2,5-6H,3-4,7-10H2,(H,20,21)(H,22,23). The average molecular weight is 329 g/mol. The Morgan fingerprint density at radius 2 is 1.78 bits per heavy atom. The zero-order valence-corrected chi connectivity index (χ0v) is 12.4. The van der Waals surface area contributed by atoms with Gasteiger partial charge in [-0.15, -0.1) is 0 Å². The largest absolute Gasteiger partial charge is 0.481 e. The van der Waals surface area contributed by atoms with Crippen molar-refractivity contribution in [3.63, 3.8) is 0 Å². The van der Waals surface area contributed by atoms with Crippen LogP contribution in [0.25, 0.3) is 0 Å². The third-order valence-corrected chi connectivity index (χ3v) is 4.13. The molecular weight excluding hydrogens is 311 g/mol. The van der Waals surface area contributed by atoms with E-state index in [1.165, 1.54) is 18.2 Å². The lowest BCUT2D eigenvalue weighted by atomic mass is 9.92. The van der Waals surface area contributed by atoms with Gasteiger partial charge in [-0.25, -0.2) is 0 Å². The molecule has 23 heavy (non-hydrogen) atoms. The van der Waals surface area contributed by atoms with Crippen LogP contribution in [-0.2, 0) is 22.2 Å². The van der Waals surface area contributed by atoms with Gasteiger partial charge in [-0.3, -0.25) is 9.59 Å². The summed E-state index contributed by atoms with van der Waals surface area (Å²) in [6.07, 6.45) is -2.49. The second kappa shape index (κ2) is 6.60. The minimum absolute atomic E-state index is 0.110. The van der Waals surface area contributed by atoms with E-state index in [1.807, 2.05) is 0 Å². The highest BCUT2D eigenvalue weighted by molar-refractivity contribution is 5.81. The minimum Gasteiger partial charge on any atom is -0.481 e. The zero-order valence-electron chi connectivity index (χ0n) is 12.4. The van der Waals surface area contributed by atoms with Crippen LogP contribution in [0.3, 0.4) is 0 Å². The number of aliphatic carboxylic acids is 1. The van der Waals surface area contributed by atoms with Crippen molar-refractivity contribution < 1.29 is 27.9 Å². The number of carbonyl (C=O) groups excluding carboxylic acids is 1. The average Bonchev–Trinajstić information content (AvgIpc) is 2.85. The quantitative estimate of drug-likeness (QED) is 0.872. The molecule has 1 aromatic carbocycles. The van der Waals surface area contributed by atoms with Gasteiger partial charge in [-0.1, -0.05) is 31.0 Å². The molecule has 1 saturated carbocycles. The van der Waals surface area contributed by atoms with Gasteiger partial charge in [0, 0.05) is 0 Å². The van der Waals surface area contributed by atoms with Crippen molar-refractivity contribution in [3.8, 4) is 0 Å². The number of hydrogen-bond donors (Lipinski definition) is 2. The van der Waals surface area contributed by atoms with Gasteiger partial charge < -0.3 is 10.4 Å². The van der Waals surface area contributed by atoms with E-state index in [2.05, 4.69) is 5.32 Å². The molecule has 1 fully saturated rings. The predicted octanol–water partition coefficient (Wildman–Crippen LogP) is 3.15. The molecule has 0 saturated heterocycles. The molecule has 2 rings (SSSR count). The van der Waals surface area contributed by atoms with E-state index in [9.17, 15) is 22.8 Å². The summed E-state index contributed by atoms with van der Waals surface area (Å²) in [5.74, 6) is -1.60. The normalized spacial score (nSPS) is 17.0. The summed E-state index contributed by atoms with van der Waals surface area (Å²) < 4.78 is 38.8. The summed E-state index contributed by atoms with van der Waals surface area (Å²) in [4.78, 5) is 23.1. The van der Waals surface area contributed by atoms with Gasteiger partial charge in [0.15, 0.2) is 0 Å². The first-order valence-electron chi connectivity index (χ1n) is 7.40. The maximum absolute atomic E-state index is 12.9. The molecule has 0 atom stereocenters. The lowest BCUT2D eigenvalue weighted by Gasteiger charge is -2.29. The highest BCUT2D eigenvalue weighted by Crippen LogP contribution is 2.34. The van der Waals surface area contributed by atoms with Crippen LogP contribution in [0.4, 0.5) is 13.2 Å². The Labute approximate surface area is 131 Å². The maximum Gasteiger partial charge on any atom is 0.416 e. The predicted molar refractivity (Wildman–Crippen MR) is 76.7 cm³/mol. The van der Waals surface area contributed by atoms with Crippen LogP contribution in [0.5, 0.6) is 0 Å². The minimum atomic E-state index is -4.52. The van der Waals surface area contributed by atoms with Gasteiger partial charge in [0.1, 0.15) is 0 Å². The van der Waals surface area contributed by atoms with Crippen LogP contribution < -0.4 is 5.32 Å². The first-order chi connectivity index (χ1) is 10.7. The van der Waals surface area contributed by atoms with Crippen molar-refractivity contribution in [2.75, 3.05) is 0 Å². The van der Waals surface area contributed by atoms with Crippen molar-refractivity contribution in [3.05, 3.63) is 35.4 Å². The molecule has 1 aliphatic carbocycles. The summed E-state index contributed by atoms with van der Waals surface area (Å²) in [6.45, 7) is 0. The molecule has 126 valence electrons. The highest BCUT2D eigenvalue weighted by atomic mass is 19.4. The summed E-state index contributed by atoms with van der Waals surface area (Å²) in [5.41, 5.74) is -1.79. The molecule has 0 radical (unpaired) electrons. The Balaban J connectivity index is 2.12. The number of hydrogen-bond acceptors (Lipinski definition) is 2. The number of alkyl halides is 3. The first kappa shape index (κ1) is 17.3. The molecule has 0 heterocycles. The summed E-state index contributed by atoms with van der Waals surface area (Å²) in [5, 5.41) is 11.7. The maximum atomic E-state index is 12.9. The molecule has 0 aromatic heterocycles. The number of amides is 1. The summed E-state index contributed by atoms with van der Waals surface area (Å²) >= 11 is 0. The van der Waals surface area contributed by atoms with E-state index >= 15 is 0 Å². The van der Waals surface area contributed by atoms with Crippen LogP contribution in [0.15, 0.2) is 24.3 Å². The monoisotopic (exact) mass is 329 g/mol. The number of carbonyl (C=O) groups is 2. The number of nitrogens with one attached hydrogen (secondary N) is 1. The van der Waals surface area contributed by atoms with Gasteiger partial charge in [-0.2, -0.15) is 13.2 Å². The van der Waals surface area contributed by atoms with E-state index in [1.54, 1.807) is 0 Å². The third-order valence-electron chi connectivity index (χ3n) is 4.13. The second-order valence-corrected chi connectivity index (χ2v) is 5.94. The van der Waals surface area contributed by atoms with E-state index in [-0.39, 0.29) is 12.0 Å². The summed E-state index contributed by atoms with van der Waals surface area (Å²) in [7, 11) is 0. The third kappa shape index (κ3) is 4.46. The topological polar surface area (TPSA) is 66.4 Å². The Morgan fingerprint density at radius 1 is 1.17 bits per heavy atom. The Kier molecular flexibility index (Phi) is 4.97. The molecule has 0 aliphatic heterocycles. The lowest BCUT2D eigenvalue weighted by molar-refractivity contribution is -0.139. The second-order valence-electron chi connectivity index (χ2n) is 5.94. The Hall–Kier alpha value is -2.05. The highest BCUT2D eigenvalue weighted by Gasteiger charge is 2.38. The van der Waals surface area contributed by atoms with Crippen molar-refractivity contribution in [1.29, 1.82) is 0 Å². The van der Waals surface area contributed by atoms with Crippen molar-refractivity contribution in [2.45, 2.75) is 50.2 Å². The number of carboxylic acids is 1. The fraction of sp³-hybridized carbons (Fsp3) is 0.500. The van der Waals surface area contributed by atoms with Crippen molar-refractivity contribution in [1.82, 2.24) is 5.32 Å². The van der Waals surface area contributed by atoms with Gasteiger partial charge in [0.25, 0.3) is 0 Å². The molecule has 2 N–H and O–H groups in total. The van der Waals surface area contributed by atoms with Gasteiger partial charge in [0.05, 0.1) is 23.9 Å². The molecular formula is C16H18F3NO3. The van der Waals surface area contributed by atoms with Crippen LogP contribution in [-0.4, -0.2) is 22.5 Å². The number of carboxylic acid groups (broad SMARTS) is 1. The van der Waals surface area contributed by atoms with Crippen molar-refractivity contribution in [2.24, 2.45) is 0 Å². The molecule has 0 spiro atoms. The zero-order chi connectivity index (χ0) is 17.1. The van der Waals surface area contributed by atoms with E-state index < -0.39 is 35.6 Å². The van der Waals surface area contributed by atoms with Crippen molar-refractivity contribution >= 4 is 11.9 Å². The fourth-order valence-corrected chi connectivity index (χ4v) is 3.15. The van der Waals surface area contributed by atoms with Crippen LogP contribution in [0.1, 0.15) is 43.2 Å². The molecule has 0 bridgehead atoms. The Morgan fingerprint density at radius 3 is 2.35 bits per heavy atom. The first-order valence-corrected chi connectivity index (χ1v) is 7.40. The smallest absolute Gasteiger partial charge is 0.416 e. The van der Waals surface area contributed by atoms with Crippen LogP contribution >= 0.6 is 0 Å².